The molecule has 0 spiro atoms. The Kier molecular flexibility index (Phi) is 2.68. The molecule has 3 heteroatoms. The molecular weight excluding hydrogens is 192 g/mol. The number of aryl methyl sites for hydroxylation is 1. The first-order valence-corrected chi connectivity index (χ1v) is 5.31. The summed E-state index contributed by atoms with van der Waals surface area (Å²) in [5, 5.41) is 3.03. The quantitative estimate of drug-likeness (QED) is 0.715. The summed E-state index contributed by atoms with van der Waals surface area (Å²) in [6.07, 6.45) is 4.80. The highest BCUT2D eigenvalue weighted by atomic mass is 32.1. The van der Waals surface area contributed by atoms with Crippen molar-refractivity contribution in [2.75, 3.05) is 5.32 Å². The Labute approximate surface area is 89.5 Å². The van der Waals surface area contributed by atoms with Crippen LogP contribution < -0.4 is 11.1 Å². The van der Waals surface area contributed by atoms with Crippen LogP contribution in [0.2, 0.25) is 0 Å². The van der Waals surface area contributed by atoms with Gasteiger partial charge in [0.1, 0.15) is 0 Å². The van der Waals surface area contributed by atoms with E-state index in [0.717, 1.165) is 18.5 Å². The normalized spacial score (nSPS) is 14.6. The van der Waals surface area contributed by atoms with E-state index in [1.54, 1.807) is 0 Å². The van der Waals surface area contributed by atoms with Crippen molar-refractivity contribution < 1.29 is 0 Å². The number of hydrogen-bond donors (Lipinski definition) is 1. The number of hydrogen-bond acceptors (Lipinski definition) is 1. The molecule has 0 heterocycles. The van der Waals surface area contributed by atoms with Crippen molar-refractivity contribution in [1.82, 2.24) is 5.73 Å². The molecule has 0 atom stereocenters. The molecule has 1 aromatic rings. The van der Waals surface area contributed by atoms with E-state index in [2.05, 4.69) is 11.4 Å². The molecule has 0 bridgehead atoms. The van der Waals surface area contributed by atoms with Crippen LogP contribution in [-0.4, -0.2) is 5.11 Å². The molecule has 0 saturated carbocycles. The molecular formula is C11H13N2S. The fourth-order valence-electron chi connectivity index (χ4n) is 2.02. The number of rotatable bonds is 1. The summed E-state index contributed by atoms with van der Waals surface area (Å²) < 4.78 is 0. The van der Waals surface area contributed by atoms with Gasteiger partial charge in [-0.2, -0.15) is 0 Å². The minimum Gasteiger partial charge on any atom is -0.331 e. The average Bonchev–Trinajstić information content (AvgIpc) is 2.18. The second-order valence-electron chi connectivity index (χ2n) is 3.60. The molecule has 0 fully saturated rings. The molecule has 73 valence electrons. The Bertz CT molecular complexity index is 360. The highest BCUT2D eigenvalue weighted by molar-refractivity contribution is 7.80. The van der Waals surface area contributed by atoms with E-state index >= 15 is 0 Å². The van der Waals surface area contributed by atoms with Crippen molar-refractivity contribution in [2.45, 2.75) is 25.7 Å². The van der Waals surface area contributed by atoms with Crippen LogP contribution in [0.5, 0.6) is 0 Å². The molecule has 1 aromatic carbocycles. The van der Waals surface area contributed by atoms with Gasteiger partial charge >= 0.3 is 0 Å². The molecule has 2 nitrogen and oxygen atoms in total. The maximum absolute atomic E-state index is 7.25. The van der Waals surface area contributed by atoms with Gasteiger partial charge in [0.25, 0.3) is 0 Å². The van der Waals surface area contributed by atoms with E-state index in [1.165, 1.54) is 24.0 Å². The molecule has 0 unspecified atom stereocenters. The van der Waals surface area contributed by atoms with Gasteiger partial charge in [-0.1, -0.05) is 12.1 Å². The van der Waals surface area contributed by atoms with Crippen molar-refractivity contribution in [3.8, 4) is 0 Å². The third-order valence-electron chi connectivity index (χ3n) is 2.64. The first-order valence-electron chi connectivity index (χ1n) is 4.91. The summed E-state index contributed by atoms with van der Waals surface area (Å²) in [4.78, 5) is 0. The molecule has 2 N–H and O–H groups in total. The summed E-state index contributed by atoms with van der Waals surface area (Å²) in [7, 11) is 0. The molecule has 0 aliphatic heterocycles. The zero-order valence-corrected chi connectivity index (χ0v) is 8.79. The summed E-state index contributed by atoms with van der Waals surface area (Å²) in [6, 6.07) is 6.21. The first-order chi connectivity index (χ1) is 6.77. The lowest BCUT2D eigenvalue weighted by atomic mass is 9.90. The van der Waals surface area contributed by atoms with Crippen LogP contribution >= 0.6 is 12.2 Å². The van der Waals surface area contributed by atoms with E-state index in [4.69, 9.17) is 18.0 Å². The summed E-state index contributed by atoms with van der Waals surface area (Å²) >= 11 is 4.74. The summed E-state index contributed by atoms with van der Waals surface area (Å²) in [5.41, 5.74) is 11.1. The Morgan fingerprint density at radius 3 is 2.86 bits per heavy atom. The predicted octanol–water partition coefficient (Wildman–Crippen LogP) is 2.55. The van der Waals surface area contributed by atoms with Crippen LogP contribution in [0.1, 0.15) is 24.0 Å². The van der Waals surface area contributed by atoms with Crippen molar-refractivity contribution in [3.63, 3.8) is 0 Å². The number of anilines is 1. The highest BCUT2D eigenvalue weighted by Gasteiger charge is 2.12. The smallest absolute Gasteiger partial charge is 0.189 e. The van der Waals surface area contributed by atoms with E-state index in [0.29, 0.717) is 0 Å². The van der Waals surface area contributed by atoms with E-state index in [1.807, 2.05) is 12.1 Å². The summed E-state index contributed by atoms with van der Waals surface area (Å²) in [5.74, 6) is 0. The van der Waals surface area contributed by atoms with Gasteiger partial charge in [0.05, 0.1) is 0 Å². The monoisotopic (exact) mass is 205 g/mol. The lowest BCUT2D eigenvalue weighted by molar-refractivity contribution is 0.687. The topological polar surface area (TPSA) is 35.8 Å². The molecule has 14 heavy (non-hydrogen) atoms. The second-order valence-corrected chi connectivity index (χ2v) is 4.01. The van der Waals surface area contributed by atoms with Crippen LogP contribution in [0.3, 0.4) is 0 Å². The standard InChI is InChI=1S/C11H13N2S/c12-11(14)13-10-7-3-5-8-4-1-2-6-9(8)10/h3,5,7,12H,1-2,4,6H2,(H,13,14). The van der Waals surface area contributed by atoms with Crippen LogP contribution in [-0.2, 0) is 12.8 Å². The molecule has 0 saturated heterocycles. The van der Waals surface area contributed by atoms with Gasteiger partial charge in [0.2, 0.25) is 0 Å². The first kappa shape index (κ1) is 9.46. The van der Waals surface area contributed by atoms with Crippen molar-refractivity contribution in [1.29, 1.82) is 0 Å². The lowest BCUT2D eigenvalue weighted by Gasteiger charge is -2.19. The van der Waals surface area contributed by atoms with Crippen molar-refractivity contribution >= 4 is 23.0 Å². The van der Waals surface area contributed by atoms with Crippen LogP contribution in [0.25, 0.3) is 0 Å². The zero-order chi connectivity index (χ0) is 9.97. The number of nitrogens with one attached hydrogen (secondary N) is 2. The van der Waals surface area contributed by atoms with Gasteiger partial charge in [0, 0.05) is 5.69 Å². The summed E-state index contributed by atoms with van der Waals surface area (Å²) in [6.45, 7) is 0. The van der Waals surface area contributed by atoms with Crippen LogP contribution in [0, 0.1) is 0 Å². The largest absolute Gasteiger partial charge is 0.331 e. The van der Waals surface area contributed by atoms with E-state index < -0.39 is 0 Å². The van der Waals surface area contributed by atoms with Crippen LogP contribution in [0.15, 0.2) is 18.2 Å². The van der Waals surface area contributed by atoms with Gasteiger partial charge in [0.15, 0.2) is 5.11 Å². The minimum absolute atomic E-state index is 0.101. The molecule has 0 amide bonds. The molecule has 1 aliphatic rings. The Morgan fingerprint density at radius 1 is 1.29 bits per heavy atom. The fraction of sp³-hybridized carbons (Fsp3) is 0.364. The Balaban J connectivity index is 2.35. The zero-order valence-electron chi connectivity index (χ0n) is 7.97. The van der Waals surface area contributed by atoms with Crippen molar-refractivity contribution in [2.24, 2.45) is 0 Å². The number of thiocarbonyl (C=S) groups is 1. The van der Waals surface area contributed by atoms with Crippen LogP contribution in [0.4, 0.5) is 5.69 Å². The Hall–Kier alpha value is -1.09. The number of benzene rings is 1. The maximum atomic E-state index is 7.25. The van der Waals surface area contributed by atoms with E-state index in [-0.39, 0.29) is 5.11 Å². The maximum Gasteiger partial charge on any atom is 0.189 e. The average molecular weight is 205 g/mol. The number of fused-ring (bicyclic) bond motifs is 1. The molecule has 1 aliphatic carbocycles. The van der Waals surface area contributed by atoms with Gasteiger partial charge in [-0.05, 0) is 55.1 Å². The predicted molar refractivity (Wildman–Crippen MR) is 62.4 cm³/mol. The van der Waals surface area contributed by atoms with Gasteiger partial charge in [-0.15, -0.1) is 0 Å². The van der Waals surface area contributed by atoms with Gasteiger partial charge in [-0.3, -0.25) is 5.73 Å². The molecule has 1 radical (unpaired) electrons. The SMILES string of the molecule is [NH]C(=S)Nc1cccc2c1CCCC2. The second kappa shape index (κ2) is 3.96. The van der Waals surface area contributed by atoms with Gasteiger partial charge in [-0.25, -0.2) is 0 Å². The van der Waals surface area contributed by atoms with E-state index in [9.17, 15) is 0 Å². The fourth-order valence-corrected chi connectivity index (χ4v) is 2.13. The minimum atomic E-state index is 0.101. The lowest BCUT2D eigenvalue weighted by Crippen LogP contribution is -2.13. The Morgan fingerprint density at radius 2 is 2.07 bits per heavy atom. The van der Waals surface area contributed by atoms with Gasteiger partial charge < -0.3 is 5.32 Å². The molecule has 2 rings (SSSR count). The third-order valence-corrected chi connectivity index (χ3v) is 2.75. The third kappa shape index (κ3) is 1.87. The highest BCUT2D eigenvalue weighted by Crippen LogP contribution is 2.27. The van der Waals surface area contributed by atoms with Crippen molar-refractivity contribution in [3.05, 3.63) is 29.3 Å². The molecule has 0 aromatic heterocycles.